The van der Waals surface area contributed by atoms with Crippen molar-refractivity contribution in [3.8, 4) is 0 Å². The second kappa shape index (κ2) is 5.78. The first kappa shape index (κ1) is 14.6. The highest BCUT2D eigenvalue weighted by Crippen LogP contribution is 2.34. The Hall–Kier alpha value is -0.380. The van der Waals surface area contributed by atoms with Crippen molar-refractivity contribution in [1.29, 1.82) is 0 Å². The number of fused-ring (bicyclic) bond motifs is 1. The molecule has 3 rings (SSSR count). The Balaban J connectivity index is 1.56. The van der Waals surface area contributed by atoms with Crippen LogP contribution < -0.4 is 5.32 Å². The van der Waals surface area contributed by atoms with Crippen LogP contribution in [0.2, 0.25) is 0 Å². The number of nitrogens with zero attached hydrogens (tertiary/aromatic N) is 1. The third-order valence-electron chi connectivity index (χ3n) is 4.93. The molecular weight excluding hydrogens is 264 g/mol. The number of aryl methyl sites for hydroxylation is 1. The van der Waals surface area contributed by atoms with Crippen LogP contribution in [-0.2, 0) is 6.42 Å². The molecule has 20 heavy (non-hydrogen) atoms. The van der Waals surface area contributed by atoms with Crippen molar-refractivity contribution >= 4 is 11.3 Å². The first-order chi connectivity index (χ1) is 9.54. The molecule has 2 heterocycles. The van der Waals surface area contributed by atoms with E-state index in [2.05, 4.69) is 42.4 Å². The van der Waals surface area contributed by atoms with E-state index in [0.717, 1.165) is 0 Å². The Morgan fingerprint density at radius 1 is 1.20 bits per heavy atom. The summed E-state index contributed by atoms with van der Waals surface area (Å²) in [5.74, 6) is 0. The second-order valence-corrected chi connectivity index (χ2v) is 8.34. The Morgan fingerprint density at radius 3 is 2.65 bits per heavy atom. The molecule has 1 aromatic heterocycles. The number of nitrogens with one attached hydrogen (secondary N) is 1. The summed E-state index contributed by atoms with van der Waals surface area (Å²) in [7, 11) is 0. The van der Waals surface area contributed by atoms with Crippen LogP contribution in [0.4, 0.5) is 0 Å². The Labute approximate surface area is 127 Å². The Morgan fingerprint density at radius 2 is 1.95 bits per heavy atom. The highest BCUT2D eigenvalue weighted by atomic mass is 32.1. The van der Waals surface area contributed by atoms with Crippen molar-refractivity contribution < 1.29 is 0 Å². The minimum Gasteiger partial charge on any atom is -0.307 e. The van der Waals surface area contributed by atoms with Gasteiger partial charge in [0.15, 0.2) is 0 Å². The van der Waals surface area contributed by atoms with Gasteiger partial charge >= 0.3 is 0 Å². The lowest BCUT2D eigenvalue weighted by Crippen LogP contribution is -2.50. The number of rotatable bonds is 2. The molecule has 1 aliphatic heterocycles. The van der Waals surface area contributed by atoms with E-state index in [4.69, 9.17) is 0 Å². The van der Waals surface area contributed by atoms with Crippen molar-refractivity contribution in [2.75, 3.05) is 13.1 Å². The van der Waals surface area contributed by atoms with Gasteiger partial charge in [0, 0.05) is 35.6 Å². The predicted molar refractivity (Wildman–Crippen MR) is 87.5 cm³/mol. The standard InChI is InChI=1S/C17H28N2S/c1-17(2,3)19-10-7-13(8-11-19)18-15-5-4-6-16-14(15)9-12-20-16/h9,12-13,15,18H,4-8,10-11H2,1-3H3. The zero-order valence-electron chi connectivity index (χ0n) is 13.1. The van der Waals surface area contributed by atoms with Gasteiger partial charge in [-0.15, -0.1) is 11.3 Å². The van der Waals surface area contributed by atoms with Crippen molar-refractivity contribution in [3.05, 3.63) is 21.9 Å². The molecular formula is C17H28N2S. The molecule has 1 aliphatic carbocycles. The first-order valence-corrected chi connectivity index (χ1v) is 8.99. The summed E-state index contributed by atoms with van der Waals surface area (Å²) in [6.07, 6.45) is 6.57. The van der Waals surface area contributed by atoms with Gasteiger partial charge in [0.25, 0.3) is 0 Å². The predicted octanol–water partition coefficient (Wildman–Crippen LogP) is 3.98. The Bertz CT molecular complexity index is 438. The number of hydrogen-bond donors (Lipinski definition) is 1. The van der Waals surface area contributed by atoms with E-state index in [1.165, 1.54) is 45.2 Å². The van der Waals surface area contributed by atoms with Crippen LogP contribution in [0, 0.1) is 0 Å². The smallest absolute Gasteiger partial charge is 0.0333 e. The van der Waals surface area contributed by atoms with Crippen molar-refractivity contribution in [1.82, 2.24) is 10.2 Å². The molecule has 1 saturated heterocycles. The lowest BCUT2D eigenvalue weighted by atomic mass is 9.91. The van der Waals surface area contributed by atoms with Crippen LogP contribution in [0.1, 0.15) is 62.9 Å². The highest BCUT2D eigenvalue weighted by Gasteiger charge is 2.29. The molecule has 1 aromatic rings. The van der Waals surface area contributed by atoms with Gasteiger partial charge in [-0.1, -0.05) is 0 Å². The molecule has 1 fully saturated rings. The molecule has 1 N–H and O–H groups in total. The van der Waals surface area contributed by atoms with Gasteiger partial charge in [0.05, 0.1) is 0 Å². The fraction of sp³-hybridized carbons (Fsp3) is 0.765. The van der Waals surface area contributed by atoms with Gasteiger partial charge in [-0.25, -0.2) is 0 Å². The van der Waals surface area contributed by atoms with Crippen LogP contribution in [0.3, 0.4) is 0 Å². The molecule has 0 saturated carbocycles. The van der Waals surface area contributed by atoms with Crippen molar-refractivity contribution in [3.63, 3.8) is 0 Å². The molecule has 1 atom stereocenters. The molecule has 1 unspecified atom stereocenters. The molecule has 0 aromatic carbocycles. The van der Waals surface area contributed by atoms with Gasteiger partial charge in [-0.3, -0.25) is 4.90 Å². The average Bonchev–Trinajstić information content (AvgIpc) is 2.88. The molecule has 2 aliphatic rings. The van der Waals surface area contributed by atoms with E-state index in [1.54, 1.807) is 10.4 Å². The quantitative estimate of drug-likeness (QED) is 0.887. The van der Waals surface area contributed by atoms with Crippen LogP contribution >= 0.6 is 11.3 Å². The zero-order chi connectivity index (χ0) is 14.2. The van der Waals surface area contributed by atoms with Crippen LogP contribution in [0.5, 0.6) is 0 Å². The van der Waals surface area contributed by atoms with E-state index in [0.29, 0.717) is 17.6 Å². The third kappa shape index (κ3) is 3.10. The molecule has 0 spiro atoms. The number of hydrogen-bond acceptors (Lipinski definition) is 3. The minimum absolute atomic E-state index is 0.330. The summed E-state index contributed by atoms with van der Waals surface area (Å²) in [5, 5.41) is 6.22. The summed E-state index contributed by atoms with van der Waals surface area (Å²) < 4.78 is 0. The van der Waals surface area contributed by atoms with E-state index in [-0.39, 0.29) is 0 Å². The minimum atomic E-state index is 0.330. The van der Waals surface area contributed by atoms with Crippen LogP contribution in [-0.4, -0.2) is 29.6 Å². The normalized spacial score (nSPS) is 25.6. The van der Waals surface area contributed by atoms with Crippen LogP contribution in [0.15, 0.2) is 11.4 Å². The second-order valence-electron chi connectivity index (χ2n) is 7.34. The van der Waals surface area contributed by atoms with Gasteiger partial charge in [-0.05, 0) is 69.9 Å². The summed E-state index contributed by atoms with van der Waals surface area (Å²) in [5.41, 5.74) is 1.93. The molecule has 2 nitrogen and oxygen atoms in total. The maximum absolute atomic E-state index is 3.95. The van der Waals surface area contributed by atoms with Crippen molar-refractivity contribution in [2.45, 2.75) is 70.5 Å². The van der Waals surface area contributed by atoms with Gasteiger partial charge in [-0.2, -0.15) is 0 Å². The summed E-state index contributed by atoms with van der Waals surface area (Å²) >= 11 is 1.95. The Kier molecular flexibility index (Phi) is 4.21. The van der Waals surface area contributed by atoms with Crippen molar-refractivity contribution in [2.24, 2.45) is 0 Å². The summed E-state index contributed by atoms with van der Waals surface area (Å²) in [4.78, 5) is 4.25. The fourth-order valence-corrected chi connectivity index (χ4v) is 4.65. The molecule has 0 amide bonds. The van der Waals surface area contributed by atoms with E-state index in [9.17, 15) is 0 Å². The molecule has 3 heteroatoms. The number of thiophene rings is 1. The van der Waals surface area contributed by atoms with Gasteiger partial charge < -0.3 is 5.32 Å². The monoisotopic (exact) mass is 292 g/mol. The third-order valence-corrected chi connectivity index (χ3v) is 5.93. The maximum atomic E-state index is 3.95. The van der Waals surface area contributed by atoms with Crippen LogP contribution in [0.25, 0.3) is 0 Å². The topological polar surface area (TPSA) is 15.3 Å². The summed E-state index contributed by atoms with van der Waals surface area (Å²) in [6.45, 7) is 9.48. The highest BCUT2D eigenvalue weighted by molar-refractivity contribution is 7.10. The van der Waals surface area contributed by atoms with E-state index >= 15 is 0 Å². The zero-order valence-corrected chi connectivity index (χ0v) is 13.9. The van der Waals surface area contributed by atoms with E-state index < -0.39 is 0 Å². The average molecular weight is 292 g/mol. The largest absolute Gasteiger partial charge is 0.307 e. The van der Waals surface area contributed by atoms with Gasteiger partial charge in [0.1, 0.15) is 0 Å². The SMILES string of the molecule is CC(C)(C)N1CCC(NC2CCCc3sccc32)CC1. The molecule has 0 radical (unpaired) electrons. The molecule has 112 valence electrons. The first-order valence-electron chi connectivity index (χ1n) is 8.11. The number of piperidine rings is 1. The lowest BCUT2D eigenvalue weighted by Gasteiger charge is -2.42. The molecule has 0 bridgehead atoms. The van der Waals surface area contributed by atoms with Gasteiger partial charge in [0.2, 0.25) is 0 Å². The van der Waals surface area contributed by atoms with E-state index in [1.807, 2.05) is 11.3 Å². The summed E-state index contributed by atoms with van der Waals surface area (Å²) in [6, 6.07) is 3.68. The maximum Gasteiger partial charge on any atom is 0.0333 e. The lowest BCUT2D eigenvalue weighted by molar-refractivity contribution is 0.0931. The number of likely N-dealkylation sites (tertiary alicyclic amines) is 1. The fourth-order valence-electron chi connectivity index (χ4n) is 3.66.